The predicted octanol–water partition coefficient (Wildman–Crippen LogP) is 1.30. The number of hydrogen-bond donors (Lipinski definition) is 0. The third kappa shape index (κ3) is 4.33. The highest BCUT2D eigenvalue weighted by Gasteiger charge is 2.37. The van der Waals surface area contributed by atoms with E-state index in [0.29, 0.717) is 32.3 Å². The molecule has 2 heterocycles. The van der Waals surface area contributed by atoms with Crippen LogP contribution in [0.2, 0.25) is 0 Å². The van der Waals surface area contributed by atoms with Gasteiger partial charge in [0, 0.05) is 38.8 Å². The van der Waals surface area contributed by atoms with Crippen LogP contribution < -0.4 is 0 Å². The minimum absolute atomic E-state index is 0.0270. The number of carbonyl (C=O) groups excluding carboxylic acids is 1. The average molecular weight is 426 g/mol. The van der Waals surface area contributed by atoms with Crippen LogP contribution in [0.3, 0.4) is 0 Å². The summed E-state index contributed by atoms with van der Waals surface area (Å²) in [5, 5.41) is 0. The molecule has 1 saturated carbocycles. The van der Waals surface area contributed by atoms with Crippen molar-refractivity contribution in [3.8, 4) is 0 Å². The first-order valence-corrected chi connectivity index (χ1v) is 11.8. The number of hydrogen-bond acceptors (Lipinski definition) is 5. The largest absolute Gasteiger partial charge is 0.375 e. The molecule has 1 aromatic carbocycles. The number of rotatable bonds is 4. The van der Waals surface area contributed by atoms with Gasteiger partial charge in [-0.3, -0.25) is 9.69 Å². The fourth-order valence-corrected chi connectivity index (χ4v) is 6.10. The second-order valence-corrected chi connectivity index (χ2v) is 9.85. The summed E-state index contributed by atoms with van der Waals surface area (Å²) in [5.41, 5.74) is 0. The molecule has 0 radical (unpaired) electrons. The molecule has 2 atom stereocenters. The molecule has 1 amide bonds. The molecule has 9 heteroatoms. The van der Waals surface area contributed by atoms with E-state index in [2.05, 4.69) is 4.90 Å². The van der Waals surface area contributed by atoms with Gasteiger partial charge in [0.1, 0.15) is 10.7 Å². The molecule has 1 aliphatic carbocycles. The lowest BCUT2D eigenvalue weighted by atomic mass is 9.90. The Morgan fingerprint density at radius 1 is 1.07 bits per heavy atom. The lowest BCUT2D eigenvalue weighted by molar-refractivity contribution is -0.140. The van der Waals surface area contributed by atoms with Crippen molar-refractivity contribution in [1.82, 2.24) is 14.1 Å². The minimum atomic E-state index is -3.89. The van der Waals surface area contributed by atoms with E-state index >= 15 is 0 Å². The number of carbonyl (C=O) groups is 1. The molecule has 2 unspecified atom stereocenters. The van der Waals surface area contributed by atoms with Crippen LogP contribution in [0.1, 0.15) is 25.7 Å². The molecule has 4 rings (SSSR count). The van der Waals surface area contributed by atoms with Crippen molar-refractivity contribution in [3.05, 3.63) is 30.1 Å². The number of halogens is 1. The maximum Gasteiger partial charge on any atom is 0.246 e. The normalized spacial score (nSPS) is 26.9. The smallest absolute Gasteiger partial charge is 0.246 e. The van der Waals surface area contributed by atoms with Crippen LogP contribution >= 0.6 is 0 Å². The number of fused-ring (bicyclic) bond motifs is 1. The Balaban J connectivity index is 1.34. The molecular weight excluding hydrogens is 397 g/mol. The molecule has 0 bridgehead atoms. The van der Waals surface area contributed by atoms with E-state index in [-0.39, 0.29) is 30.0 Å². The number of sulfonamides is 1. The maximum absolute atomic E-state index is 14.0. The molecule has 29 heavy (non-hydrogen) atoms. The first-order chi connectivity index (χ1) is 14.0. The van der Waals surface area contributed by atoms with E-state index in [1.807, 2.05) is 0 Å². The molecule has 2 saturated heterocycles. The van der Waals surface area contributed by atoms with E-state index in [0.717, 1.165) is 25.5 Å². The predicted molar refractivity (Wildman–Crippen MR) is 105 cm³/mol. The number of ether oxygens (including phenoxy) is 1. The fourth-order valence-electron chi connectivity index (χ4n) is 4.62. The Kier molecular flexibility index (Phi) is 6.19. The highest BCUT2D eigenvalue weighted by atomic mass is 32.2. The van der Waals surface area contributed by atoms with Gasteiger partial charge < -0.3 is 9.64 Å². The van der Waals surface area contributed by atoms with Crippen molar-refractivity contribution < 1.29 is 22.3 Å². The lowest BCUT2D eigenvalue weighted by Gasteiger charge is -2.44. The monoisotopic (exact) mass is 425 g/mol. The van der Waals surface area contributed by atoms with Crippen molar-refractivity contribution in [2.24, 2.45) is 0 Å². The number of benzene rings is 1. The minimum Gasteiger partial charge on any atom is -0.375 e. The fraction of sp³-hybridized carbons (Fsp3) is 0.650. The Morgan fingerprint density at radius 3 is 2.55 bits per heavy atom. The third-order valence-electron chi connectivity index (χ3n) is 6.23. The van der Waals surface area contributed by atoms with Crippen LogP contribution in [-0.2, 0) is 19.6 Å². The summed E-state index contributed by atoms with van der Waals surface area (Å²) in [6.07, 6.45) is 4.70. The first kappa shape index (κ1) is 20.7. The summed E-state index contributed by atoms with van der Waals surface area (Å²) in [7, 11) is -3.89. The van der Waals surface area contributed by atoms with Crippen LogP contribution in [0.4, 0.5) is 4.39 Å². The summed E-state index contributed by atoms with van der Waals surface area (Å²) in [6, 6.07) is 5.71. The molecule has 2 aliphatic heterocycles. The number of amides is 1. The van der Waals surface area contributed by atoms with Gasteiger partial charge >= 0.3 is 0 Å². The van der Waals surface area contributed by atoms with Crippen LogP contribution in [0.25, 0.3) is 0 Å². The molecule has 1 aromatic rings. The topological polar surface area (TPSA) is 70.2 Å². The van der Waals surface area contributed by atoms with E-state index in [1.165, 1.54) is 35.3 Å². The Morgan fingerprint density at radius 2 is 1.79 bits per heavy atom. The summed E-state index contributed by atoms with van der Waals surface area (Å²) < 4.78 is 46.5. The Labute approximate surface area is 171 Å². The molecule has 7 nitrogen and oxygen atoms in total. The van der Waals surface area contributed by atoms with Gasteiger partial charge in [-0.05, 0) is 25.0 Å². The van der Waals surface area contributed by atoms with Crippen molar-refractivity contribution in [1.29, 1.82) is 0 Å². The van der Waals surface area contributed by atoms with Gasteiger partial charge in [-0.15, -0.1) is 0 Å². The van der Waals surface area contributed by atoms with Crippen LogP contribution in [0.15, 0.2) is 29.2 Å². The third-order valence-corrected chi connectivity index (χ3v) is 8.16. The van der Waals surface area contributed by atoms with E-state index in [1.54, 1.807) is 4.90 Å². The standard InChI is InChI=1S/C20H28FN3O4S/c21-16-5-1-4-8-19(16)29(26,27)24-11-9-22(10-12-24)20(25)15-23-13-14-28-18-7-3-2-6-17(18)23/h1,4-5,8,17-18H,2-3,6-7,9-15H2. The first-order valence-electron chi connectivity index (χ1n) is 10.3. The number of piperazine rings is 1. The van der Waals surface area contributed by atoms with Crippen molar-refractivity contribution >= 4 is 15.9 Å². The van der Waals surface area contributed by atoms with Crippen molar-refractivity contribution in [3.63, 3.8) is 0 Å². The summed E-state index contributed by atoms with van der Waals surface area (Å²) in [4.78, 5) is 16.5. The number of nitrogens with zero attached hydrogens (tertiary/aromatic N) is 3. The van der Waals surface area contributed by atoms with Crippen LogP contribution in [-0.4, -0.2) is 86.5 Å². The Bertz CT molecular complexity index is 840. The van der Waals surface area contributed by atoms with Crippen molar-refractivity contribution in [2.75, 3.05) is 45.9 Å². The molecular formula is C20H28FN3O4S. The van der Waals surface area contributed by atoms with Gasteiger partial charge in [-0.1, -0.05) is 25.0 Å². The van der Waals surface area contributed by atoms with Gasteiger partial charge in [-0.2, -0.15) is 4.31 Å². The summed E-state index contributed by atoms with van der Waals surface area (Å²) >= 11 is 0. The molecule has 3 fully saturated rings. The van der Waals surface area contributed by atoms with Crippen LogP contribution in [0.5, 0.6) is 0 Å². The molecule has 0 aromatic heterocycles. The van der Waals surface area contributed by atoms with Crippen LogP contribution in [0, 0.1) is 5.82 Å². The van der Waals surface area contributed by atoms with Gasteiger partial charge in [0.15, 0.2) is 0 Å². The van der Waals surface area contributed by atoms with Gasteiger partial charge in [0.25, 0.3) is 0 Å². The highest BCUT2D eigenvalue weighted by Crippen LogP contribution is 2.28. The molecule has 3 aliphatic rings. The Hall–Kier alpha value is -1.55. The van der Waals surface area contributed by atoms with E-state index in [4.69, 9.17) is 4.74 Å². The lowest BCUT2D eigenvalue weighted by Crippen LogP contribution is -2.57. The SMILES string of the molecule is O=C(CN1CCOC2CCCCC21)N1CCN(S(=O)(=O)c2ccccc2F)CC1. The van der Waals surface area contributed by atoms with E-state index in [9.17, 15) is 17.6 Å². The van der Waals surface area contributed by atoms with Gasteiger partial charge in [-0.25, -0.2) is 12.8 Å². The summed E-state index contributed by atoms with van der Waals surface area (Å²) in [6.45, 7) is 2.77. The second-order valence-electron chi connectivity index (χ2n) is 7.95. The summed E-state index contributed by atoms with van der Waals surface area (Å²) in [5.74, 6) is -0.723. The molecule has 0 N–H and O–H groups in total. The quantitative estimate of drug-likeness (QED) is 0.727. The highest BCUT2D eigenvalue weighted by molar-refractivity contribution is 7.89. The zero-order chi connectivity index (χ0) is 20.4. The van der Waals surface area contributed by atoms with Crippen molar-refractivity contribution in [2.45, 2.75) is 42.7 Å². The molecule has 0 spiro atoms. The van der Waals surface area contributed by atoms with E-state index < -0.39 is 15.8 Å². The maximum atomic E-state index is 14.0. The van der Waals surface area contributed by atoms with Gasteiger partial charge in [0.05, 0.1) is 19.3 Å². The molecule has 160 valence electrons. The zero-order valence-corrected chi connectivity index (χ0v) is 17.3. The zero-order valence-electron chi connectivity index (χ0n) is 16.5. The van der Waals surface area contributed by atoms with Gasteiger partial charge in [0.2, 0.25) is 15.9 Å². The average Bonchev–Trinajstić information content (AvgIpc) is 2.74. The number of morpholine rings is 1. The second kappa shape index (κ2) is 8.67.